The minimum Gasteiger partial charge on any atom is -0.481 e. The van der Waals surface area contributed by atoms with Crippen LogP contribution >= 0.6 is 12.6 Å². The van der Waals surface area contributed by atoms with Gasteiger partial charge in [-0.05, 0) is 18.3 Å². The summed E-state index contributed by atoms with van der Waals surface area (Å²) in [4.78, 5) is 59.2. The van der Waals surface area contributed by atoms with Gasteiger partial charge in [0.05, 0.1) is 12.5 Å². The summed E-state index contributed by atoms with van der Waals surface area (Å²) in [6.07, 6.45) is -0.396. The topological polar surface area (TPSA) is 188 Å². The fraction of sp³-hybridized carbons (Fsp3) is 0.722. The summed E-state index contributed by atoms with van der Waals surface area (Å²) in [5, 5.41) is 25.2. The molecule has 3 amide bonds. The molecule has 0 aromatic heterocycles. The molecule has 0 aliphatic carbocycles. The number of carbonyl (C=O) groups is 5. The molecule has 11 nitrogen and oxygen atoms in total. The Hall–Kier alpha value is -2.34. The summed E-state index contributed by atoms with van der Waals surface area (Å²) in [5.74, 6) is -5.18. The van der Waals surface area contributed by atoms with E-state index >= 15 is 0 Å². The monoisotopic (exact) mass is 448 g/mol. The van der Waals surface area contributed by atoms with Crippen LogP contribution in [0.4, 0.5) is 0 Å². The SMILES string of the molecule is CC(C)CC(NC(=O)C(CS)NC(=O)C(NC(=O)C(N)CC(=O)O)C(C)C)C(=O)O. The summed E-state index contributed by atoms with van der Waals surface area (Å²) in [6.45, 7) is 6.91. The summed E-state index contributed by atoms with van der Waals surface area (Å²) >= 11 is 4.04. The predicted molar refractivity (Wildman–Crippen MR) is 112 cm³/mol. The lowest BCUT2D eigenvalue weighted by Crippen LogP contribution is -2.59. The van der Waals surface area contributed by atoms with Crippen molar-refractivity contribution in [3.05, 3.63) is 0 Å². The van der Waals surface area contributed by atoms with Crippen molar-refractivity contribution in [2.75, 3.05) is 5.75 Å². The molecule has 4 unspecified atom stereocenters. The Morgan fingerprint density at radius 2 is 1.40 bits per heavy atom. The molecule has 172 valence electrons. The molecule has 0 radical (unpaired) electrons. The first-order chi connectivity index (χ1) is 13.8. The molecule has 0 spiro atoms. The second-order valence-corrected chi connectivity index (χ2v) is 8.07. The maximum Gasteiger partial charge on any atom is 0.326 e. The number of amides is 3. The number of hydrogen-bond donors (Lipinski definition) is 7. The van der Waals surface area contributed by atoms with Gasteiger partial charge >= 0.3 is 11.9 Å². The van der Waals surface area contributed by atoms with Crippen LogP contribution in [0.15, 0.2) is 0 Å². The molecule has 7 N–H and O–H groups in total. The first kappa shape index (κ1) is 27.7. The highest BCUT2D eigenvalue weighted by atomic mass is 32.1. The van der Waals surface area contributed by atoms with Gasteiger partial charge in [0.15, 0.2) is 0 Å². The Labute approximate surface area is 180 Å². The summed E-state index contributed by atoms with van der Waals surface area (Å²) in [7, 11) is 0. The highest BCUT2D eigenvalue weighted by molar-refractivity contribution is 7.80. The number of rotatable bonds is 13. The minimum atomic E-state index is -1.34. The average molecular weight is 449 g/mol. The maximum atomic E-state index is 12.6. The van der Waals surface area contributed by atoms with Crippen molar-refractivity contribution in [1.82, 2.24) is 16.0 Å². The molecule has 0 saturated heterocycles. The highest BCUT2D eigenvalue weighted by Gasteiger charge is 2.31. The number of aliphatic carboxylic acids is 2. The third kappa shape index (κ3) is 9.92. The molecular formula is C18H32N4O7S. The normalized spacial score (nSPS) is 15.1. The van der Waals surface area contributed by atoms with E-state index in [0.717, 1.165) is 0 Å². The van der Waals surface area contributed by atoms with E-state index in [1.54, 1.807) is 13.8 Å². The van der Waals surface area contributed by atoms with Crippen LogP contribution in [0.1, 0.15) is 40.5 Å². The van der Waals surface area contributed by atoms with E-state index in [-0.39, 0.29) is 18.1 Å². The van der Waals surface area contributed by atoms with Crippen LogP contribution in [0.25, 0.3) is 0 Å². The van der Waals surface area contributed by atoms with Gasteiger partial charge in [0.2, 0.25) is 17.7 Å². The van der Waals surface area contributed by atoms with E-state index < -0.39 is 66.2 Å². The van der Waals surface area contributed by atoms with Gasteiger partial charge < -0.3 is 31.9 Å². The van der Waals surface area contributed by atoms with Crippen molar-refractivity contribution in [2.45, 2.75) is 64.7 Å². The zero-order valence-electron chi connectivity index (χ0n) is 17.5. The van der Waals surface area contributed by atoms with Gasteiger partial charge in [-0.25, -0.2) is 4.79 Å². The van der Waals surface area contributed by atoms with Gasteiger partial charge in [-0.2, -0.15) is 12.6 Å². The molecule has 0 saturated carbocycles. The minimum absolute atomic E-state index is 0.0194. The first-order valence-electron chi connectivity index (χ1n) is 9.52. The fourth-order valence-electron chi connectivity index (χ4n) is 2.50. The number of nitrogens with one attached hydrogen (secondary N) is 3. The molecule has 30 heavy (non-hydrogen) atoms. The molecule has 0 aliphatic rings. The smallest absolute Gasteiger partial charge is 0.326 e. The van der Waals surface area contributed by atoms with Gasteiger partial charge in [0.1, 0.15) is 18.1 Å². The van der Waals surface area contributed by atoms with E-state index in [9.17, 15) is 29.1 Å². The Morgan fingerprint density at radius 3 is 1.80 bits per heavy atom. The third-order valence-corrected chi connectivity index (χ3v) is 4.48. The van der Waals surface area contributed by atoms with E-state index in [4.69, 9.17) is 10.8 Å². The summed E-state index contributed by atoms with van der Waals surface area (Å²) < 4.78 is 0. The fourth-order valence-corrected chi connectivity index (χ4v) is 2.75. The van der Waals surface area contributed by atoms with Crippen LogP contribution in [0, 0.1) is 11.8 Å². The standard InChI is InChI=1S/C18H32N4O7S/c1-8(2)5-11(18(28)29)20-16(26)12(7-30)21-17(27)14(9(3)4)22-15(25)10(19)6-13(23)24/h8-12,14,30H,5-7,19H2,1-4H3,(H,20,26)(H,21,27)(H,22,25)(H,23,24)(H,28,29). The van der Waals surface area contributed by atoms with Crippen LogP contribution in [-0.4, -0.2) is 69.8 Å². The van der Waals surface area contributed by atoms with Gasteiger partial charge in [-0.3, -0.25) is 19.2 Å². The van der Waals surface area contributed by atoms with Crippen molar-refractivity contribution in [1.29, 1.82) is 0 Å². The number of nitrogens with two attached hydrogens (primary N) is 1. The van der Waals surface area contributed by atoms with Crippen molar-refractivity contribution >= 4 is 42.3 Å². The van der Waals surface area contributed by atoms with Crippen molar-refractivity contribution in [3.63, 3.8) is 0 Å². The lowest BCUT2D eigenvalue weighted by Gasteiger charge is -2.26. The molecule has 12 heteroatoms. The van der Waals surface area contributed by atoms with Gasteiger partial charge in [-0.15, -0.1) is 0 Å². The highest BCUT2D eigenvalue weighted by Crippen LogP contribution is 2.07. The molecule has 0 heterocycles. The van der Waals surface area contributed by atoms with Crippen molar-refractivity contribution in [3.8, 4) is 0 Å². The molecule has 4 atom stereocenters. The lowest BCUT2D eigenvalue weighted by molar-refractivity contribution is -0.142. The summed E-state index contributed by atoms with van der Waals surface area (Å²) in [6, 6.07) is -4.68. The maximum absolute atomic E-state index is 12.6. The molecule has 0 aromatic rings. The van der Waals surface area contributed by atoms with Crippen molar-refractivity contribution < 1.29 is 34.2 Å². The molecule has 0 rings (SSSR count). The quantitative estimate of drug-likeness (QED) is 0.174. The van der Waals surface area contributed by atoms with Crippen molar-refractivity contribution in [2.24, 2.45) is 17.6 Å². The van der Waals surface area contributed by atoms with Crippen LogP contribution < -0.4 is 21.7 Å². The zero-order chi connectivity index (χ0) is 23.6. The second kappa shape index (κ2) is 13.1. The van der Waals surface area contributed by atoms with Gasteiger partial charge in [0.25, 0.3) is 0 Å². The molecule has 0 bridgehead atoms. The number of thiol groups is 1. The first-order valence-corrected chi connectivity index (χ1v) is 10.1. The average Bonchev–Trinajstić information content (AvgIpc) is 2.61. The molecular weight excluding hydrogens is 416 g/mol. The van der Waals surface area contributed by atoms with Crippen LogP contribution in [0.5, 0.6) is 0 Å². The van der Waals surface area contributed by atoms with E-state index in [0.29, 0.717) is 0 Å². The van der Waals surface area contributed by atoms with E-state index in [1.165, 1.54) is 0 Å². The number of carboxylic acid groups (broad SMARTS) is 2. The largest absolute Gasteiger partial charge is 0.481 e. The Bertz CT molecular complexity index is 642. The zero-order valence-corrected chi connectivity index (χ0v) is 18.4. The molecule has 0 aromatic carbocycles. The number of carbonyl (C=O) groups excluding carboxylic acids is 3. The van der Waals surface area contributed by atoms with Gasteiger partial charge in [0, 0.05) is 5.75 Å². The Kier molecular flexibility index (Phi) is 12.0. The van der Waals surface area contributed by atoms with E-state index in [2.05, 4.69) is 28.6 Å². The Balaban J connectivity index is 5.17. The number of hydrogen-bond acceptors (Lipinski definition) is 7. The van der Waals surface area contributed by atoms with Crippen LogP contribution in [0.3, 0.4) is 0 Å². The second-order valence-electron chi connectivity index (χ2n) is 7.71. The molecule has 0 fully saturated rings. The van der Waals surface area contributed by atoms with E-state index in [1.807, 2.05) is 13.8 Å². The summed E-state index contributed by atoms with van der Waals surface area (Å²) in [5.41, 5.74) is 5.51. The lowest BCUT2D eigenvalue weighted by atomic mass is 10.0. The predicted octanol–water partition coefficient (Wildman–Crippen LogP) is -1.04. The van der Waals surface area contributed by atoms with Crippen LogP contribution in [0.2, 0.25) is 0 Å². The van der Waals surface area contributed by atoms with Gasteiger partial charge in [-0.1, -0.05) is 27.7 Å². The molecule has 0 aliphatic heterocycles. The van der Waals surface area contributed by atoms with Crippen LogP contribution in [-0.2, 0) is 24.0 Å². The third-order valence-electron chi connectivity index (χ3n) is 4.12. The number of carboxylic acids is 2. The Morgan fingerprint density at radius 1 is 0.867 bits per heavy atom.